The first-order chi connectivity index (χ1) is 8.60. The molecule has 1 N–H and O–H groups in total. The van der Waals surface area contributed by atoms with Crippen LogP contribution in [-0.2, 0) is 6.61 Å². The molecule has 1 aromatic rings. The predicted octanol–water partition coefficient (Wildman–Crippen LogP) is 3.75. The first-order valence-corrected chi connectivity index (χ1v) is 6.97. The Balaban J connectivity index is 2.09. The van der Waals surface area contributed by atoms with Crippen molar-refractivity contribution < 1.29 is 9.84 Å². The van der Waals surface area contributed by atoms with Gasteiger partial charge in [0, 0.05) is 0 Å². The maximum atomic E-state index is 9.19. The molecular weight excluding hydrogens is 224 g/mol. The van der Waals surface area contributed by atoms with Crippen molar-refractivity contribution >= 4 is 0 Å². The van der Waals surface area contributed by atoms with E-state index < -0.39 is 0 Å². The van der Waals surface area contributed by atoms with Crippen molar-refractivity contribution in [2.45, 2.75) is 59.2 Å². The summed E-state index contributed by atoms with van der Waals surface area (Å²) in [6, 6.07) is 4.04. The zero-order valence-corrected chi connectivity index (χ0v) is 11.7. The van der Waals surface area contributed by atoms with E-state index in [2.05, 4.69) is 20.8 Å². The molecule has 100 valence electrons. The Morgan fingerprint density at radius 1 is 1.11 bits per heavy atom. The highest BCUT2D eigenvalue weighted by molar-refractivity contribution is 5.43. The molecule has 0 unspecified atom stereocenters. The van der Waals surface area contributed by atoms with Crippen LogP contribution in [0.25, 0.3) is 0 Å². The summed E-state index contributed by atoms with van der Waals surface area (Å²) in [7, 11) is 0. The topological polar surface area (TPSA) is 29.5 Å². The van der Waals surface area contributed by atoms with E-state index in [-0.39, 0.29) is 6.61 Å². The Labute approximate surface area is 110 Å². The summed E-state index contributed by atoms with van der Waals surface area (Å²) in [5.74, 6) is 1.87. The lowest BCUT2D eigenvalue weighted by atomic mass is 9.89. The Kier molecular flexibility index (Phi) is 4.28. The number of benzene rings is 1. The number of hydrogen-bond acceptors (Lipinski definition) is 2. The van der Waals surface area contributed by atoms with Gasteiger partial charge < -0.3 is 9.84 Å². The van der Waals surface area contributed by atoms with Crippen LogP contribution in [0.3, 0.4) is 0 Å². The van der Waals surface area contributed by atoms with Crippen LogP contribution < -0.4 is 4.74 Å². The van der Waals surface area contributed by atoms with Crippen molar-refractivity contribution in [3.63, 3.8) is 0 Å². The molecule has 1 fully saturated rings. The van der Waals surface area contributed by atoms with Gasteiger partial charge in [0.15, 0.2) is 0 Å². The molecule has 0 atom stereocenters. The zero-order chi connectivity index (χ0) is 13.1. The SMILES string of the molecule is Cc1cc(CO)cc(C)c1OC1CCC(C)CC1. The second-order valence-electron chi connectivity index (χ2n) is 5.72. The van der Waals surface area contributed by atoms with E-state index >= 15 is 0 Å². The van der Waals surface area contributed by atoms with E-state index in [0.717, 1.165) is 28.4 Å². The van der Waals surface area contributed by atoms with Crippen LogP contribution in [-0.4, -0.2) is 11.2 Å². The van der Waals surface area contributed by atoms with Gasteiger partial charge in [-0.25, -0.2) is 0 Å². The molecule has 0 spiro atoms. The number of ether oxygens (including phenoxy) is 1. The maximum Gasteiger partial charge on any atom is 0.125 e. The molecule has 2 heteroatoms. The average molecular weight is 248 g/mol. The lowest BCUT2D eigenvalue weighted by molar-refractivity contribution is 0.134. The standard InChI is InChI=1S/C16H24O2/c1-11-4-6-15(7-5-11)18-16-12(2)8-14(10-17)9-13(16)3/h8-9,11,15,17H,4-7,10H2,1-3H3. The monoisotopic (exact) mass is 248 g/mol. The average Bonchev–Trinajstić information content (AvgIpc) is 2.35. The van der Waals surface area contributed by atoms with Crippen LogP contribution in [0.5, 0.6) is 5.75 Å². The van der Waals surface area contributed by atoms with Crippen LogP contribution in [0.2, 0.25) is 0 Å². The van der Waals surface area contributed by atoms with Gasteiger partial charge in [-0.15, -0.1) is 0 Å². The number of hydrogen-bond donors (Lipinski definition) is 1. The second kappa shape index (κ2) is 5.75. The third-order valence-corrected chi connectivity index (χ3v) is 3.95. The fraction of sp³-hybridized carbons (Fsp3) is 0.625. The predicted molar refractivity (Wildman–Crippen MR) is 73.9 cm³/mol. The summed E-state index contributed by atoms with van der Waals surface area (Å²) in [6.07, 6.45) is 5.26. The number of aryl methyl sites for hydroxylation is 2. The third kappa shape index (κ3) is 3.05. The van der Waals surface area contributed by atoms with E-state index in [9.17, 15) is 5.11 Å². The summed E-state index contributed by atoms with van der Waals surface area (Å²) in [6.45, 7) is 6.55. The van der Waals surface area contributed by atoms with Gasteiger partial charge in [0.05, 0.1) is 12.7 Å². The summed E-state index contributed by atoms with van der Waals surface area (Å²) in [4.78, 5) is 0. The number of aliphatic hydroxyl groups is 1. The van der Waals surface area contributed by atoms with E-state index in [1.165, 1.54) is 25.7 Å². The molecule has 18 heavy (non-hydrogen) atoms. The Bertz CT molecular complexity index is 381. The van der Waals surface area contributed by atoms with Gasteiger partial charge in [-0.2, -0.15) is 0 Å². The van der Waals surface area contributed by atoms with E-state index in [0.29, 0.717) is 6.10 Å². The molecule has 1 aliphatic carbocycles. The molecule has 2 nitrogen and oxygen atoms in total. The molecule has 2 rings (SSSR count). The summed E-state index contributed by atoms with van der Waals surface area (Å²) in [5, 5.41) is 9.19. The normalized spacial score (nSPS) is 24.0. The lowest BCUT2D eigenvalue weighted by Crippen LogP contribution is -2.23. The molecule has 0 heterocycles. The van der Waals surface area contributed by atoms with Gasteiger partial charge in [-0.05, 0) is 62.1 Å². The van der Waals surface area contributed by atoms with Gasteiger partial charge in [-0.1, -0.05) is 19.1 Å². The molecule has 1 aromatic carbocycles. The van der Waals surface area contributed by atoms with Crippen LogP contribution in [0.1, 0.15) is 49.3 Å². The van der Waals surface area contributed by atoms with Crippen molar-refractivity contribution in [2.75, 3.05) is 0 Å². The van der Waals surface area contributed by atoms with Gasteiger partial charge in [0.1, 0.15) is 5.75 Å². The largest absolute Gasteiger partial charge is 0.490 e. The zero-order valence-electron chi connectivity index (χ0n) is 11.7. The first kappa shape index (κ1) is 13.4. The van der Waals surface area contributed by atoms with Crippen molar-refractivity contribution in [2.24, 2.45) is 5.92 Å². The van der Waals surface area contributed by atoms with Crippen molar-refractivity contribution in [3.05, 3.63) is 28.8 Å². The summed E-state index contributed by atoms with van der Waals surface area (Å²) < 4.78 is 6.18. The van der Waals surface area contributed by atoms with Gasteiger partial charge >= 0.3 is 0 Å². The molecule has 0 saturated heterocycles. The van der Waals surface area contributed by atoms with Crippen molar-refractivity contribution in [3.8, 4) is 5.75 Å². The van der Waals surface area contributed by atoms with E-state index in [4.69, 9.17) is 4.74 Å². The summed E-state index contributed by atoms with van der Waals surface area (Å²) in [5.41, 5.74) is 3.24. The molecule has 0 bridgehead atoms. The third-order valence-electron chi connectivity index (χ3n) is 3.95. The second-order valence-corrected chi connectivity index (χ2v) is 5.72. The Hall–Kier alpha value is -1.02. The minimum absolute atomic E-state index is 0.100. The van der Waals surface area contributed by atoms with Gasteiger partial charge in [-0.3, -0.25) is 0 Å². The van der Waals surface area contributed by atoms with Gasteiger partial charge in [0.2, 0.25) is 0 Å². The molecule has 0 amide bonds. The fourth-order valence-electron chi connectivity index (χ4n) is 2.83. The molecule has 1 aliphatic rings. The molecule has 0 aliphatic heterocycles. The van der Waals surface area contributed by atoms with E-state index in [1.54, 1.807) is 0 Å². The fourth-order valence-corrected chi connectivity index (χ4v) is 2.83. The van der Waals surface area contributed by atoms with Crippen molar-refractivity contribution in [1.82, 2.24) is 0 Å². The van der Waals surface area contributed by atoms with Gasteiger partial charge in [0.25, 0.3) is 0 Å². The quantitative estimate of drug-likeness (QED) is 0.882. The smallest absolute Gasteiger partial charge is 0.125 e. The highest BCUT2D eigenvalue weighted by atomic mass is 16.5. The first-order valence-electron chi connectivity index (χ1n) is 6.97. The summed E-state index contributed by atoms with van der Waals surface area (Å²) >= 11 is 0. The molecular formula is C16H24O2. The highest BCUT2D eigenvalue weighted by Gasteiger charge is 2.20. The highest BCUT2D eigenvalue weighted by Crippen LogP contribution is 2.31. The molecule has 0 aromatic heterocycles. The Morgan fingerprint density at radius 3 is 2.17 bits per heavy atom. The van der Waals surface area contributed by atoms with Crippen LogP contribution >= 0.6 is 0 Å². The van der Waals surface area contributed by atoms with E-state index in [1.807, 2.05) is 12.1 Å². The lowest BCUT2D eigenvalue weighted by Gasteiger charge is -2.28. The maximum absolute atomic E-state index is 9.19. The Morgan fingerprint density at radius 2 is 1.67 bits per heavy atom. The van der Waals surface area contributed by atoms with Crippen LogP contribution in [0.15, 0.2) is 12.1 Å². The van der Waals surface area contributed by atoms with Crippen molar-refractivity contribution in [1.29, 1.82) is 0 Å². The molecule has 0 radical (unpaired) electrons. The molecule has 1 saturated carbocycles. The van der Waals surface area contributed by atoms with Crippen LogP contribution in [0.4, 0.5) is 0 Å². The number of rotatable bonds is 3. The minimum Gasteiger partial charge on any atom is -0.490 e. The minimum atomic E-state index is 0.100. The van der Waals surface area contributed by atoms with Crippen LogP contribution in [0, 0.1) is 19.8 Å². The number of aliphatic hydroxyl groups excluding tert-OH is 1.